The van der Waals surface area contributed by atoms with Gasteiger partial charge in [0.15, 0.2) is 9.84 Å². The molecule has 0 spiro atoms. The molecule has 2 rings (SSSR count). The number of hydrogen-bond donors (Lipinski definition) is 1. The Hall–Kier alpha value is -1.67. The lowest BCUT2D eigenvalue weighted by molar-refractivity contribution is -0.386. The summed E-state index contributed by atoms with van der Waals surface area (Å²) in [7, 11) is -1.58. The lowest BCUT2D eigenvalue weighted by Gasteiger charge is -2.31. The smallest absolute Gasteiger partial charge is 0.310 e. The average molecular weight is 355 g/mol. The maximum Gasteiger partial charge on any atom is 0.310 e. The first-order valence-electron chi connectivity index (χ1n) is 8.22. The van der Waals surface area contributed by atoms with Gasteiger partial charge in [-0.3, -0.25) is 10.1 Å². The van der Waals surface area contributed by atoms with E-state index in [9.17, 15) is 18.5 Å². The summed E-state index contributed by atoms with van der Waals surface area (Å²) in [5.41, 5.74) is -0.125. The lowest BCUT2D eigenvalue weighted by atomic mass is 9.94. The summed E-state index contributed by atoms with van der Waals surface area (Å²) in [5.74, 6) is 0. The van der Waals surface area contributed by atoms with Crippen molar-refractivity contribution in [1.29, 1.82) is 0 Å². The summed E-state index contributed by atoms with van der Waals surface area (Å²) in [5, 5.41) is 14.4. The first-order valence-corrected chi connectivity index (χ1v) is 10.1. The number of nitro groups is 1. The number of rotatable bonds is 7. The van der Waals surface area contributed by atoms with Gasteiger partial charge in [-0.2, -0.15) is 0 Å². The molecule has 1 saturated carbocycles. The number of nitrogens with one attached hydrogen (secondary N) is 1. The van der Waals surface area contributed by atoms with Crippen LogP contribution in [0.2, 0.25) is 0 Å². The van der Waals surface area contributed by atoms with Crippen molar-refractivity contribution in [2.45, 2.75) is 43.0 Å². The van der Waals surface area contributed by atoms with E-state index >= 15 is 0 Å². The number of para-hydroxylation sites is 1. The van der Waals surface area contributed by atoms with Gasteiger partial charge in [-0.1, -0.05) is 25.3 Å². The Morgan fingerprint density at radius 1 is 1.29 bits per heavy atom. The Labute approximate surface area is 143 Å². The van der Waals surface area contributed by atoms with Crippen molar-refractivity contribution in [2.24, 2.45) is 0 Å². The molecule has 8 heteroatoms. The van der Waals surface area contributed by atoms with E-state index in [4.69, 9.17) is 0 Å². The summed E-state index contributed by atoms with van der Waals surface area (Å²) in [4.78, 5) is 12.7. The highest BCUT2D eigenvalue weighted by Gasteiger charge is 2.26. The molecule has 1 aliphatic rings. The van der Waals surface area contributed by atoms with E-state index in [0.717, 1.165) is 12.8 Å². The molecule has 0 aliphatic heterocycles. The minimum Gasteiger partial charge on any atom is -0.378 e. The second-order valence-corrected chi connectivity index (χ2v) is 8.36. The molecule has 1 aliphatic carbocycles. The van der Waals surface area contributed by atoms with Crippen LogP contribution in [0.3, 0.4) is 0 Å². The van der Waals surface area contributed by atoms with Gasteiger partial charge in [-0.15, -0.1) is 0 Å². The van der Waals surface area contributed by atoms with E-state index in [-0.39, 0.29) is 16.3 Å². The monoisotopic (exact) mass is 355 g/mol. The third-order valence-corrected chi connectivity index (χ3v) is 5.69. The molecule has 134 valence electrons. The SMILES string of the molecule is CN(CCNc1cccc(S(C)(=O)=O)c1[N+](=O)[O-])C1CCCCC1. The van der Waals surface area contributed by atoms with Gasteiger partial charge in [0.2, 0.25) is 0 Å². The first kappa shape index (κ1) is 18.7. The van der Waals surface area contributed by atoms with Crippen molar-refractivity contribution in [3.63, 3.8) is 0 Å². The highest BCUT2D eigenvalue weighted by atomic mass is 32.2. The molecule has 0 amide bonds. The van der Waals surface area contributed by atoms with Crippen LogP contribution >= 0.6 is 0 Å². The minimum absolute atomic E-state index is 0.250. The molecule has 1 fully saturated rings. The van der Waals surface area contributed by atoms with Crippen molar-refractivity contribution in [3.8, 4) is 0 Å². The van der Waals surface area contributed by atoms with Gasteiger partial charge in [0, 0.05) is 25.4 Å². The van der Waals surface area contributed by atoms with E-state index in [2.05, 4.69) is 17.3 Å². The third kappa shape index (κ3) is 4.67. The quantitative estimate of drug-likeness (QED) is 0.597. The van der Waals surface area contributed by atoms with Crippen molar-refractivity contribution in [3.05, 3.63) is 28.3 Å². The van der Waals surface area contributed by atoms with Crippen LogP contribution in [0, 0.1) is 10.1 Å². The standard InChI is InChI=1S/C16H25N3O4S/c1-18(13-7-4-3-5-8-13)12-11-17-14-9-6-10-15(24(2,22)23)16(14)19(20)21/h6,9-10,13,17H,3-5,7-8,11-12H2,1-2H3. The average Bonchev–Trinajstić information content (AvgIpc) is 2.54. The predicted molar refractivity (Wildman–Crippen MR) is 94.2 cm³/mol. The van der Waals surface area contributed by atoms with Crippen LogP contribution in [0.1, 0.15) is 32.1 Å². The Kier molecular flexibility index (Phi) is 6.17. The van der Waals surface area contributed by atoms with Crippen LogP contribution in [0.15, 0.2) is 23.1 Å². The van der Waals surface area contributed by atoms with E-state index < -0.39 is 14.8 Å². The van der Waals surface area contributed by atoms with E-state index in [1.165, 1.54) is 44.2 Å². The molecular formula is C16H25N3O4S. The Morgan fingerprint density at radius 3 is 2.54 bits per heavy atom. The van der Waals surface area contributed by atoms with Crippen molar-refractivity contribution in [1.82, 2.24) is 4.90 Å². The number of hydrogen-bond acceptors (Lipinski definition) is 6. The number of sulfone groups is 1. The van der Waals surface area contributed by atoms with Gasteiger partial charge in [0.25, 0.3) is 0 Å². The van der Waals surface area contributed by atoms with Crippen LogP contribution in [-0.4, -0.2) is 50.7 Å². The zero-order valence-electron chi connectivity index (χ0n) is 14.2. The summed E-state index contributed by atoms with van der Waals surface area (Å²) >= 11 is 0. The molecule has 1 aromatic carbocycles. The molecule has 0 atom stereocenters. The number of anilines is 1. The Balaban J connectivity index is 2.05. The fourth-order valence-corrected chi connectivity index (χ4v) is 4.09. The molecule has 0 radical (unpaired) electrons. The normalized spacial score (nSPS) is 16.3. The molecule has 0 saturated heterocycles. The minimum atomic E-state index is -3.65. The first-order chi connectivity index (χ1) is 11.3. The number of nitrogens with zero attached hydrogens (tertiary/aromatic N) is 2. The molecular weight excluding hydrogens is 330 g/mol. The maximum atomic E-state index is 11.8. The molecule has 1 N–H and O–H groups in total. The molecule has 0 heterocycles. The fourth-order valence-electron chi connectivity index (χ4n) is 3.22. The molecule has 0 aromatic heterocycles. The fraction of sp³-hybridized carbons (Fsp3) is 0.625. The van der Waals surface area contributed by atoms with E-state index in [1.54, 1.807) is 6.07 Å². The number of benzene rings is 1. The summed E-state index contributed by atoms with van der Waals surface area (Å²) in [6.07, 6.45) is 7.18. The molecule has 0 unspecified atom stereocenters. The zero-order chi connectivity index (χ0) is 17.7. The Bertz CT molecular complexity index is 685. The topological polar surface area (TPSA) is 92.6 Å². The largest absolute Gasteiger partial charge is 0.378 e. The zero-order valence-corrected chi connectivity index (χ0v) is 15.0. The highest BCUT2D eigenvalue weighted by molar-refractivity contribution is 7.90. The molecule has 24 heavy (non-hydrogen) atoms. The molecule has 1 aromatic rings. The number of likely N-dealkylation sites (N-methyl/N-ethyl adjacent to an activating group) is 1. The van der Waals surface area contributed by atoms with Crippen LogP contribution in [0.25, 0.3) is 0 Å². The highest BCUT2D eigenvalue weighted by Crippen LogP contribution is 2.31. The third-order valence-electron chi connectivity index (χ3n) is 4.56. The van der Waals surface area contributed by atoms with E-state index in [1.807, 2.05) is 0 Å². The summed E-state index contributed by atoms with van der Waals surface area (Å²) < 4.78 is 23.5. The van der Waals surface area contributed by atoms with Gasteiger partial charge < -0.3 is 10.2 Å². The van der Waals surface area contributed by atoms with Crippen LogP contribution in [0.4, 0.5) is 11.4 Å². The van der Waals surface area contributed by atoms with Gasteiger partial charge in [-0.05, 0) is 32.0 Å². The van der Waals surface area contributed by atoms with Crippen LogP contribution in [0.5, 0.6) is 0 Å². The molecule has 7 nitrogen and oxygen atoms in total. The van der Waals surface area contributed by atoms with Crippen LogP contribution in [-0.2, 0) is 9.84 Å². The van der Waals surface area contributed by atoms with Gasteiger partial charge >= 0.3 is 5.69 Å². The second-order valence-electron chi connectivity index (χ2n) is 6.38. The second kappa shape index (κ2) is 7.94. The van der Waals surface area contributed by atoms with Crippen molar-refractivity contribution in [2.75, 3.05) is 31.7 Å². The summed E-state index contributed by atoms with van der Waals surface area (Å²) in [6.45, 7) is 1.28. The van der Waals surface area contributed by atoms with Crippen LogP contribution < -0.4 is 5.32 Å². The lowest BCUT2D eigenvalue weighted by Crippen LogP contribution is -2.36. The predicted octanol–water partition coefficient (Wildman–Crippen LogP) is 2.67. The van der Waals surface area contributed by atoms with E-state index in [0.29, 0.717) is 12.6 Å². The van der Waals surface area contributed by atoms with Gasteiger partial charge in [-0.25, -0.2) is 8.42 Å². The maximum absolute atomic E-state index is 11.8. The summed E-state index contributed by atoms with van der Waals surface area (Å²) in [6, 6.07) is 4.91. The van der Waals surface area contributed by atoms with Gasteiger partial charge in [0.05, 0.1) is 4.92 Å². The van der Waals surface area contributed by atoms with Crippen molar-refractivity contribution < 1.29 is 13.3 Å². The Morgan fingerprint density at radius 2 is 1.96 bits per heavy atom. The van der Waals surface area contributed by atoms with Crippen molar-refractivity contribution >= 4 is 21.2 Å². The number of nitro benzene ring substituents is 1. The van der Waals surface area contributed by atoms with Gasteiger partial charge in [0.1, 0.15) is 10.6 Å². The molecule has 0 bridgehead atoms.